The lowest BCUT2D eigenvalue weighted by Crippen LogP contribution is -2.55. The highest BCUT2D eigenvalue weighted by atomic mass is 15.0. The van der Waals surface area contributed by atoms with E-state index in [1.165, 1.54) is 25.7 Å². The molecule has 0 saturated heterocycles. The first kappa shape index (κ1) is 18.8. The minimum Gasteiger partial charge on any atom is -0.317 e. The fourth-order valence-corrected chi connectivity index (χ4v) is 2.34. The highest BCUT2D eigenvalue weighted by molar-refractivity contribution is 4.92. The maximum Gasteiger partial charge on any atom is 0.0221 e. The van der Waals surface area contributed by atoms with Gasteiger partial charge in [-0.05, 0) is 65.0 Å². The van der Waals surface area contributed by atoms with E-state index in [0.29, 0.717) is 12.1 Å². The molecule has 0 spiro atoms. The lowest BCUT2D eigenvalue weighted by atomic mass is 9.86. The summed E-state index contributed by atoms with van der Waals surface area (Å²) in [5.74, 6) is 0. The Labute approximate surface area is 120 Å². The normalized spacial score (nSPS) is 21.8. The molecule has 4 nitrogen and oxygen atoms in total. The summed E-state index contributed by atoms with van der Waals surface area (Å²) in [6, 6.07) is 1.43. The SMILES string of the molecule is C.CCNCCCNC1CCC1NCCCNCC. The average Bonchev–Trinajstić information content (AvgIpc) is 2.36. The van der Waals surface area contributed by atoms with Gasteiger partial charge >= 0.3 is 0 Å². The van der Waals surface area contributed by atoms with Gasteiger partial charge in [0.2, 0.25) is 0 Å². The minimum absolute atomic E-state index is 0. The van der Waals surface area contributed by atoms with Gasteiger partial charge in [0.15, 0.2) is 0 Å². The van der Waals surface area contributed by atoms with Crippen LogP contribution in [0.15, 0.2) is 0 Å². The van der Waals surface area contributed by atoms with Crippen molar-refractivity contribution < 1.29 is 0 Å². The highest BCUT2D eigenvalue weighted by Gasteiger charge is 2.29. The maximum atomic E-state index is 3.66. The molecule has 0 aromatic rings. The van der Waals surface area contributed by atoms with Crippen molar-refractivity contribution in [2.24, 2.45) is 0 Å². The van der Waals surface area contributed by atoms with Crippen molar-refractivity contribution in [2.75, 3.05) is 39.3 Å². The molecule has 4 N–H and O–H groups in total. The first-order chi connectivity index (χ1) is 8.88. The second-order valence-electron chi connectivity index (χ2n) is 5.11. The standard InChI is InChI=1S/C14H32N4.CH4/c1-3-15-9-5-11-17-13-7-8-14(13)18-12-6-10-16-4-2;/h13-18H,3-12H2,1-2H3;1H4. The van der Waals surface area contributed by atoms with Crippen LogP contribution in [-0.2, 0) is 0 Å². The molecule has 0 aromatic carbocycles. The predicted molar refractivity (Wildman–Crippen MR) is 85.9 cm³/mol. The Morgan fingerprint density at radius 3 is 1.47 bits per heavy atom. The Balaban J connectivity index is 0.00000324. The van der Waals surface area contributed by atoms with Gasteiger partial charge in [0, 0.05) is 12.1 Å². The van der Waals surface area contributed by atoms with Crippen molar-refractivity contribution in [1.29, 1.82) is 0 Å². The van der Waals surface area contributed by atoms with Crippen LogP contribution in [0.2, 0.25) is 0 Å². The molecule has 0 bridgehead atoms. The number of hydrogen-bond acceptors (Lipinski definition) is 4. The minimum atomic E-state index is 0. The summed E-state index contributed by atoms with van der Waals surface area (Å²) < 4.78 is 0. The zero-order valence-electron chi connectivity index (χ0n) is 12.2. The first-order valence-corrected chi connectivity index (χ1v) is 7.76. The summed E-state index contributed by atoms with van der Waals surface area (Å²) in [5, 5.41) is 14.0. The monoisotopic (exact) mass is 272 g/mol. The Bertz CT molecular complexity index is 167. The molecular formula is C15H36N4. The Morgan fingerprint density at radius 1 is 0.737 bits per heavy atom. The van der Waals surface area contributed by atoms with Crippen LogP contribution in [0, 0.1) is 0 Å². The molecule has 2 unspecified atom stereocenters. The van der Waals surface area contributed by atoms with E-state index in [-0.39, 0.29) is 7.43 Å². The van der Waals surface area contributed by atoms with Gasteiger partial charge in [-0.3, -0.25) is 0 Å². The van der Waals surface area contributed by atoms with Crippen molar-refractivity contribution in [3.63, 3.8) is 0 Å². The zero-order valence-corrected chi connectivity index (χ0v) is 12.2. The van der Waals surface area contributed by atoms with Crippen LogP contribution in [-0.4, -0.2) is 51.4 Å². The molecular weight excluding hydrogens is 236 g/mol. The van der Waals surface area contributed by atoms with Crippen LogP contribution in [0.25, 0.3) is 0 Å². The molecule has 0 heterocycles. The lowest BCUT2D eigenvalue weighted by Gasteiger charge is -2.38. The molecule has 0 amide bonds. The van der Waals surface area contributed by atoms with Crippen LogP contribution in [0.3, 0.4) is 0 Å². The van der Waals surface area contributed by atoms with E-state index >= 15 is 0 Å². The first-order valence-electron chi connectivity index (χ1n) is 7.76. The molecule has 116 valence electrons. The molecule has 1 saturated carbocycles. The third-order valence-corrected chi connectivity index (χ3v) is 3.65. The molecule has 0 aliphatic heterocycles. The molecule has 19 heavy (non-hydrogen) atoms. The maximum absolute atomic E-state index is 3.66. The summed E-state index contributed by atoms with van der Waals surface area (Å²) in [6.45, 7) is 11.0. The molecule has 1 fully saturated rings. The topological polar surface area (TPSA) is 48.1 Å². The molecule has 1 aliphatic carbocycles. The zero-order chi connectivity index (χ0) is 13.1. The molecule has 2 atom stereocenters. The van der Waals surface area contributed by atoms with E-state index in [1.54, 1.807) is 0 Å². The van der Waals surface area contributed by atoms with Gasteiger partial charge in [0.25, 0.3) is 0 Å². The molecule has 0 radical (unpaired) electrons. The Morgan fingerprint density at radius 2 is 1.16 bits per heavy atom. The fourth-order valence-electron chi connectivity index (χ4n) is 2.34. The van der Waals surface area contributed by atoms with Gasteiger partial charge in [0.05, 0.1) is 0 Å². The van der Waals surface area contributed by atoms with E-state index in [4.69, 9.17) is 0 Å². The summed E-state index contributed by atoms with van der Waals surface area (Å²) in [7, 11) is 0. The van der Waals surface area contributed by atoms with Crippen LogP contribution in [0.1, 0.15) is 47.0 Å². The lowest BCUT2D eigenvalue weighted by molar-refractivity contribution is 0.238. The largest absolute Gasteiger partial charge is 0.317 e. The van der Waals surface area contributed by atoms with Crippen molar-refractivity contribution in [3.8, 4) is 0 Å². The predicted octanol–water partition coefficient (Wildman–Crippen LogP) is 1.33. The summed E-state index contributed by atoms with van der Waals surface area (Å²) >= 11 is 0. The third-order valence-electron chi connectivity index (χ3n) is 3.65. The van der Waals surface area contributed by atoms with E-state index in [1.807, 2.05) is 0 Å². The number of rotatable bonds is 12. The van der Waals surface area contributed by atoms with Crippen LogP contribution in [0.5, 0.6) is 0 Å². The van der Waals surface area contributed by atoms with Crippen molar-refractivity contribution in [3.05, 3.63) is 0 Å². The van der Waals surface area contributed by atoms with Crippen molar-refractivity contribution >= 4 is 0 Å². The summed E-state index contributed by atoms with van der Waals surface area (Å²) in [5.41, 5.74) is 0. The molecule has 0 aromatic heterocycles. The quantitative estimate of drug-likeness (QED) is 0.405. The summed E-state index contributed by atoms with van der Waals surface area (Å²) in [4.78, 5) is 0. The average molecular weight is 272 g/mol. The van der Waals surface area contributed by atoms with Gasteiger partial charge in [-0.1, -0.05) is 21.3 Å². The van der Waals surface area contributed by atoms with Crippen LogP contribution < -0.4 is 21.3 Å². The molecule has 1 rings (SSSR count). The number of hydrogen-bond donors (Lipinski definition) is 4. The van der Waals surface area contributed by atoms with Crippen molar-refractivity contribution in [2.45, 2.75) is 59.0 Å². The van der Waals surface area contributed by atoms with Crippen LogP contribution in [0.4, 0.5) is 0 Å². The van der Waals surface area contributed by atoms with E-state index in [2.05, 4.69) is 35.1 Å². The van der Waals surface area contributed by atoms with Crippen molar-refractivity contribution in [1.82, 2.24) is 21.3 Å². The van der Waals surface area contributed by atoms with Gasteiger partial charge in [-0.2, -0.15) is 0 Å². The van der Waals surface area contributed by atoms with Crippen LogP contribution >= 0.6 is 0 Å². The number of nitrogens with one attached hydrogen (secondary N) is 4. The smallest absolute Gasteiger partial charge is 0.0221 e. The third kappa shape index (κ3) is 8.58. The highest BCUT2D eigenvalue weighted by Crippen LogP contribution is 2.19. The Hall–Kier alpha value is -0.160. The van der Waals surface area contributed by atoms with Gasteiger partial charge < -0.3 is 21.3 Å². The van der Waals surface area contributed by atoms with E-state index in [0.717, 1.165) is 39.3 Å². The van der Waals surface area contributed by atoms with Gasteiger partial charge in [-0.15, -0.1) is 0 Å². The van der Waals surface area contributed by atoms with Gasteiger partial charge in [-0.25, -0.2) is 0 Å². The Kier molecular flexibility index (Phi) is 12.7. The van der Waals surface area contributed by atoms with E-state index < -0.39 is 0 Å². The molecule has 4 heteroatoms. The van der Waals surface area contributed by atoms with E-state index in [9.17, 15) is 0 Å². The fraction of sp³-hybridized carbons (Fsp3) is 1.00. The van der Waals surface area contributed by atoms with Gasteiger partial charge in [0.1, 0.15) is 0 Å². The molecule has 1 aliphatic rings. The second kappa shape index (κ2) is 12.9. The summed E-state index contributed by atoms with van der Waals surface area (Å²) in [6.07, 6.45) is 5.15. The second-order valence-corrected chi connectivity index (χ2v) is 5.11.